The van der Waals surface area contributed by atoms with Gasteiger partial charge in [0.25, 0.3) is 5.91 Å². The first-order chi connectivity index (χ1) is 24.7. The zero-order valence-corrected chi connectivity index (χ0v) is 31.7. The molecule has 4 aliphatic heterocycles. The van der Waals surface area contributed by atoms with E-state index in [1.165, 1.54) is 0 Å². The van der Waals surface area contributed by atoms with E-state index in [0.717, 1.165) is 47.8 Å². The summed E-state index contributed by atoms with van der Waals surface area (Å²) < 4.78 is 19.5. The summed E-state index contributed by atoms with van der Waals surface area (Å²) >= 11 is 6.17. The number of hydrogen-bond acceptors (Lipinski definition) is 9. The second-order valence-corrected chi connectivity index (χ2v) is 16.7. The molecule has 5 fully saturated rings. The predicted octanol–water partition coefficient (Wildman–Crippen LogP) is 7.08. The third kappa shape index (κ3) is 7.41. The number of nitrogens with zero attached hydrogens (tertiary/aromatic N) is 2. The van der Waals surface area contributed by atoms with Gasteiger partial charge in [-0.25, -0.2) is 9.78 Å². The lowest BCUT2D eigenvalue weighted by atomic mass is 9.58. The first kappa shape index (κ1) is 37.0. The van der Waals surface area contributed by atoms with Gasteiger partial charge in [0.1, 0.15) is 0 Å². The van der Waals surface area contributed by atoms with Gasteiger partial charge in [0.15, 0.2) is 18.2 Å². The van der Waals surface area contributed by atoms with Gasteiger partial charge in [0.05, 0.1) is 18.7 Å². The molecule has 8 atom stereocenters. The smallest absolute Gasteiger partial charge is 0.254 e. The Bertz CT molecular complexity index is 1790. The van der Waals surface area contributed by atoms with Gasteiger partial charge in [0.2, 0.25) is 11.7 Å². The minimum absolute atomic E-state index is 0.0612. The topological polar surface area (TPSA) is 120 Å². The Kier molecular flexibility index (Phi) is 10.3. The standard InChI is InChI=1S/C40H51ClN4O7/c1-24-7-14-31-25(2)36(49-37-40(31)30(24)15-17-39(6,50-37)51-52-40)48-23-26-8-10-27(11-9-26)35(47)45(22-34(46)44-38(3,4)5)20-19-43-32-16-18-42-33-21-28(41)12-13-29(32)33/h8-13,16,18,21,24-25,30-31,36-37H,7,14-15,17,19-20,22-23H2,1-6H3,(H,42,43)(H,44,46)/t24-,25-,30+,31+,36+,37?,39+,40-/m1/s1. The molecule has 1 unspecified atom stereocenters. The molecular formula is C40H51ClN4O7. The molecule has 1 saturated carbocycles. The van der Waals surface area contributed by atoms with Crippen LogP contribution in [0.1, 0.15) is 83.1 Å². The van der Waals surface area contributed by atoms with Crippen LogP contribution >= 0.6 is 11.6 Å². The van der Waals surface area contributed by atoms with Crippen LogP contribution < -0.4 is 10.6 Å². The number of carbonyl (C=O) groups excluding carboxylic acids is 2. The molecule has 1 spiro atoms. The number of rotatable bonds is 10. The number of nitrogens with one attached hydrogen (secondary N) is 2. The van der Waals surface area contributed by atoms with Gasteiger partial charge in [-0.1, -0.05) is 37.6 Å². The summed E-state index contributed by atoms with van der Waals surface area (Å²) in [7, 11) is 0. The molecule has 3 aromatic rings. The van der Waals surface area contributed by atoms with Gasteiger partial charge < -0.3 is 29.7 Å². The molecule has 2 aromatic carbocycles. The lowest BCUT2D eigenvalue weighted by molar-refractivity contribution is -0.577. The maximum absolute atomic E-state index is 13.9. The fraction of sp³-hybridized carbons (Fsp3) is 0.575. The molecule has 1 aromatic heterocycles. The van der Waals surface area contributed by atoms with Crippen LogP contribution in [0.5, 0.6) is 0 Å². The Labute approximate surface area is 310 Å². The molecule has 2 amide bonds. The number of ether oxygens (including phenoxy) is 3. The molecule has 1 aliphatic carbocycles. The zero-order chi connectivity index (χ0) is 36.8. The highest BCUT2D eigenvalue weighted by molar-refractivity contribution is 6.31. The largest absolute Gasteiger partial charge is 0.383 e. The van der Waals surface area contributed by atoms with E-state index in [2.05, 4.69) is 29.5 Å². The first-order valence-corrected chi connectivity index (χ1v) is 18.9. The zero-order valence-electron chi connectivity index (χ0n) is 30.9. The van der Waals surface area contributed by atoms with Crippen molar-refractivity contribution in [3.63, 3.8) is 0 Å². The Morgan fingerprint density at radius 2 is 1.83 bits per heavy atom. The van der Waals surface area contributed by atoms with E-state index in [1.807, 2.05) is 64.1 Å². The highest BCUT2D eigenvalue weighted by Gasteiger charge is 2.69. The highest BCUT2D eigenvalue weighted by Crippen LogP contribution is 2.60. The Morgan fingerprint density at radius 1 is 1.04 bits per heavy atom. The number of hydrogen-bond donors (Lipinski definition) is 2. The van der Waals surface area contributed by atoms with E-state index in [9.17, 15) is 9.59 Å². The minimum atomic E-state index is -0.843. The summed E-state index contributed by atoms with van der Waals surface area (Å²) in [4.78, 5) is 45.1. The molecule has 8 rings (SSSR count). The summed E-state index contributed by atoms with van der Waals surface area (Å²) in [6, 6.07) is 14.8. The van der Waals surface area contributed by atoms with Crippen LogP contribution in [0.25, 0.3) is 10.9 Å². The van der Waals surface area contributed by atoms with Crippen molar-refractivity contribution in [2.75, 3.05) is 25.0 Å². The SMILES string of the molecule is C[C@H]1[C@@H](OCc2ccc(C(=O)N(CCNc3ccnc4cc(Cl)ccc34)CC(=O)NC(C)(C)C)cc2)OC2O[C@]3(C)CC[C@H]4[C@H](C)CC[C@@H]1[C@@]24OO3. The summed E-state index contributed by atoms with van der Waals surface area (Å²) in [5.74, 6) is -0.296. The van der Waals surface area contributed by atoms with Crippen LogP contribution in [-0.4, -0.2) is 70.8 Å². The van der Waals surface area contributed by atoms with Crippen LogP contribution in [0.2, 0.25) is 5.02 Å². The maximum Gasteiger partial charge on any atom is 0.254 e. The van der Waals surface area contributed by atoms with Crippen molar-refractivity contribution in [2.45, 2.75) is 103 Å². The number of fused-ring (bicyclic) bond motifs is 3. The number of benzene rings is 2. The summed E-state index contributed by atoms with van der Waals surface area (Å²) in [6.07, 6.45) is 4.51. The number of anilines is 1. The van der Waals surface area contributed by atoms with Gasteiger partial charge in [-0.3, -0.25) is 14.6 Å². The van der Waals surface area contributed by atoms with Gasteiger partial charge in [-0.2, -0.15) is 0 Å². The molecule has 280 valence electrons. The third-order valence-corrected chi connectivity index (χ3v) is 11.5. The van der Waals surface area contributed by atoms with Gasteiger partial charge in [0, 0.05) is 64.7 Å². The highest BCUT2D eigenvalue weighted by atomic mass is 35.5. The summed E-state index contributed by atoms with van der Waals surface area (Å²) in [5, 5.41) is 7.92. The van der Waals surface area contributed by atoms with E-state index in [1.54, 1.807) is 23.2 Å². The fourth-order valence-corrected chi connectivity index (χ4v) is 8.82. The van der Waals surface area contributed by atoms with Crippen LogP contribution in [0.3, 0.4) is 0 Å². The molecule has 0 radical (unpaired) electrons. The molecule has 52 heavy (non-hydrogen) atoms. The van der Waals surface area contributed by atoms with E-state index in [4.69, 9.17) is 35.6 Å². The lowest BCUT2D eigenvalue weighted by Gasteiger charge is -2.60. The first-order valence-electron chi connectivity index (χ1n) is 18.5. The number of amides is 2. The number of pyridine rings is 1. The molecular weight excluding hydrogens is 684 g/mol. The fourth-order valence-electron chi connectivity index (χ4n) is 8.65. The summed E-state index contributed by atoms with van der Waals surface area (Å²) in [6.45, 7) is 13.1. The second-order valence-electron chi connectivity index (χ2n) is 16.3. The quantitative estimate of drug-likeness (QED) is 0.211. The van der Waals surface area contributed by atoms with Crippen molar-refractivity contribution in [1.82, 2.24) is 15.2 Å². The molecule has 4 saturated heterocycles. The Morgan fingerprint density at radius 3 is 2.60 bits per heavy atom. The summed E-state index contributed by atoms with van der Waals surface area (Å²) in [5.41, 5.74) is 1.96. The molecule has 2 bridgehead atoms. The van der Waals surface area contributed by atoms with Gasteiger partial charge >= 0.3 is 0 Å². The second kappa shape index (κ2) is 14.5. The van der Waals surface area contributed by atoms with Crippen LogP contribution in [0, 0.1) is 23.7 Å². The van der Waals surface area contributed by atoms with Crippen molar-refractivity contribution in [1.29, 1.82) is 0 Å². The van der Waals surface area contributed by atoms with Crippen molar-refractivity contribution in [2.24, 2.45) is 23.7 Å². The molecule has 5 heterocycles. The number of aromatic nitrogens is 1. The molecule has 5 aliphatic rings. The molecule has 11 nitrogen and oxygen atoms in total. The normalized spacial score (nSPS) is 31.1. The van der Waals surface area contributed by atoms with Gasteiger partial charge in [-0.15, -0.1) is 0 Å². The Balaban J connectivity index is 1.01. The molecule has 12 heteroatoms. The predicted molar refractivity (Wildman–Crippen MR) is 197 cm³/mol. The minimum Gasteiger partial charge on any atom is -0.383 e. The van der Waals surface area contributed by atoms with E-state index in [-0.39, 0.29) is 30.2 Å². The third-order valence-electron chi connectivity index (χ3n) is 11.3. The van der Waals surface area contributed by atoms with Crippen molar-refractivity contribution < 1.29 is 33.6 Å². The van der Waals surface area contributed by atoms with Gasteiger partial charge in [-0.05, 0) is 101 Å². The number of halogens is 1. The monoisotopic (exact) mass is 734 g/mol. The van der Waals surface area contributed by atoms with E-state index < -0.39 is 29.5 Å². The van der Waals surface area contributed by atoms with Crippen LogP contribution in [0.15, 0.2) is 54.7 Å². The van der Waals surface area contributed by atoms with E-state index >= 15 is 0 Å². The van der Waals surface area contributed by atoms with Crippen LogP contribution in [-0.2, 0) is 35.4 Å². The lowest BCUT2D eigenvalue weighted by Crippen LogP contribution is -2.70. The average molecular weight is 735 g/mol. The van der Waals surface area contributed by atoms with Crippen LogP contribution in [0.4, 0.5) is 5.69 Å². The van der Waals surface area contributed by atoms with Crippen molar-refractivity contribution in [3.05, 3.63) is 70.9 Å². The van der Waals surface area contributed by atoms with E-state index in [0.29, 0.717) is 42.1 Å². The van der Waals surface area contributed by atoms with Crippen molar-refractivity contribution in [3.8, 4) is 0 Å². The average Bonchev–Trinajstić information content (AvgIpc) is 3.33. The number of carbonyl (C=O) groups is 2. The Hall–Kier alpha value is -3.32. The maximum atomic E-state index is 13.9. The van der Waals surface area contributed by atoms with Crippen molar-refractivity contribution >= 4 is 40.0 Å². The molecule has 2 N–H and O–H groups in total.